The second kappa shape index (κ2) is 17.7. The van der Waals surface area contributed by atoms with Gasteiger partial charge in [0.2, 0.25) is 11.8 Å². The average Bonchev–Trinajstić information content (AvgIpc) is 2.96. The molecule has 44 heavy (non-hydrogen) atoms. The van der Waals surface area contributed by atoms with Crippen LogP contribution in [0.3, 0.4) is 0 Å². The first kappa shape index (κ1) is 36.7. The number of anilines is 2. The Labute approximate surface area is 263 Å². The molecule has 1 aromatic carbocycles. The van der Waals surface area contributed by atoms with Crippen LogP contribution >= 0.6 is 0 Å². The highest BCUT2D eigenvalue weighted by Gasteiger charge is 2.23. The van der Waals surface area contributed by atoms with Crippen molar-refractivity contribution in [3.8, 4) is 11.6 Å². The lowest BCUT2D eigenvalue weighted by Crippen LogP contribution is -2.36. The van der Waals surface area contributed by atoms with Crippen LogP contribution in [-0.4, -0.2) is 83.8 Å². The molecule has 2 aromatic rings. The van der Waals surface area contributed by atoms with Crippen LogP contribution in [0.25, 0.3) is 0 Å². The quantitative estimate of drug-likeness (QED) is 0.0366. The monoisotopic (exact) mass is 649 g/mol. The summed E-state index contributed by atoms with van der Waals surface area (Å²) in [5.74, 6) is 1.92. The Morgan fingerprint density at radius 2 is 1.95 bits per heavy atom. The van der Waals surface area contributed by atoms with E-state index in [-0.39, 0.29) is 32.3 Å². The maximum Gasteiger partial charge on any atom is 0.264 e. The van der Waals surface area contributed by atoms with Crippen LogP contribution < -0.4 is 19.7 Å². The van der Waals surface area contributed by atoms with Gasteiger partial charge in [-0.05, 0) is 50.1 Å². The minimum atomic E-state index is -3.53. The Hall–Kier alpha value is -3.46. The smallest absolute Gasteiger partial charge is 0.264 e. The second-order valence-corrected chi connectivity index (χ2v) is 18.5. The third kappa shape index (κ3) is 13.9. The first-order valence-electron chi connectivity index (χ1n) is 14.4. The first-order valence-corrected chi connectivity index (χ1v) is 19.9. The van der Waals surface area contributed by atoms with E-state index in [1.807, 2.05) is 30.9 Å². The molecular formula is C30H47N5O7SSi. The fourth-order valence-electron chi connectivity index (χ4n) is 3.65. The SMILES string of the molecule is C=CC/C=C(/O)C=NC(C)N(COCC[Si](C)(C)C)c1nc(NC)nc(OCc2cccc(OCCOS(C)(=O)=O)c2)c1C. The summed E-state index contributed by atoms with van der Waals surface area (Å²) in [6.07, 6.45) is 5.82. The molecule has 2 N–H and O–H groups in total. The zero-order valence-electron chi connectivity index (χ0n) is 26.9. The number of nitrogens with one attached hydrogen (secondary N) is 1. The van der Waals surface area contributed by atoms with Gasteiger partial charge < -0.3 is 29.5 Å². The van der Waals surface area contributed by atoms with Crippen LogP contribution in [0.4, 0.5) is 11.8 Å². The molecule has 0 bridgehead atoms. The summed E-state index contributed by atoms with van der Waals surface area (Å²) < 4.78 is 44.9. The number of ether oxygens (including phenoxy) is 3. The fourth-order valence-corrected chi connectivity index (χ4v) is 4.77. The van der Waals surface area contributed by atoms with Gasteiger partial charge in [-0.2, -0.15) is 18.4 Å². The molecule has 0 fully saturated rings. The van der Waals surface area contributed by atoms with Crippen molar-refractivity contribution in [2.24, 2.45) is 4.99 Å². The summed E-state index contributed by atoms with van der Waals surface area (Å²) in [6, 6.07) is 8.29. The van der Waals surface area contributed by atoms with Gasteiger partial charge in [-0.1, -0.05) is 37.8 Å². The minimum Gasteiger partial charge on any atom is -0.507 e. The lowest BCUT2D eigenvalue weighted by atomic mass is 10.2. The van der Waals surface area contributed by atoms with E-state index in [2.05, 4.69) is 41.5 Å². The predicted octanol–water partition coefficient (Wildman–Crippen LogP) is 5.31. The van der Waals surface area contributed by atoms with Gasteiger partial charge in [0, 0.05) is 21.7 Å². The Morgan fingerprint density at radius 3 is 2.61 bits per heavy atom. The largest absolute Gasteiger partial charge is 0.507 e. The van der Waals surface area contributed by atoms with E-state index in [9.17, 15) is 13.5 Å². The van der Waals surface area contributed by atoms with E-state index in [1.54, 1.807) is 31.3 Å². The molecule has 12 nitrogen and oxygen atoms in total. The number of aliphatic hydroxyl groups is 1. The number of nitrogens with zero attached hydrogens (tertiary/aromatic N) is 4. The zero-order valence-corrected chi connectivity index (χ0v) is 28.7. The molecule has 1 heterocycles. The number of rotatable bonds is 20. The maximum atomic E-state index is 11.1. The number of hydrogen-bond acceptors (Lipinski definition) is 12. The molecule has 0 aliphatic rings. The minimum absolute atomic E-state index is 0.0461. The van der Waals surface area contributed by atoms with Crippen LogP contribution in [0.1, 0.15) is 24.5 Å². The summed E-state index contributed by atoms with van der Waals surface area (Å²) in [4.78, 5) is 15.7. The number of benzene rings is 1. The van der Waals surface area contributed by atoms with Crippen molar-refractivity contribution >= 4 is 36.2 Å². The van der Waals surface area contributed by atoms with Crippen LogP contribution in [0.15, 0.2) is 53.7 Å². The van der Waals surface area contributed by atoms with Crippen molar-refractivity contribution in [2.45, 2.75) is 58.7 Å². The molecule has 0 saturated carbocycles. The van der Waals surface area contributed by atoms with Gasteiger partial charge in [-0.3, -0.25) is 9.18 Å². The van der Waals surface area contributed by atoms with Crippen LogP contribution in [0, 0.1) is 6.92 Å². The lowest BCUT2D eigenvalue weighted by Gasteiger charge is -2.30. The van der Waals surface area contributed by atoms with Crippen molar-refractivity contribution in [3.63, 3.8) is 0 Å². The van der Waals surface area contributed by atoms with Crippen LogP contribution in [0.5, 0.6) is 11.6 Å². The first-order chi connectivity index (χ1) is 20.7. The standard InChI is InChI=1S/C30H47N5O7SSi/c1-9-10-13-26(36)20-32-24(3)35(22-39-17-18-44(6,7)8)28-23(2)29(34-30(31-4)33-28)41-21-25-12-11-14-27(19-25)40-15-16-42-43(5,37)38/h9,11-14,19-20,24,36H,1,10,15-18,21-22H2,2-8H3,(H,31,33,34)/b26-13+,32-20?. The van der Waals surface area contributed by atoms with Crippen molar-refractivity contribution < 1.29 is 31.9 Å². The molecule has 244 valence electrons. The summed E-state index contributed by atoms with van der Waals surface area (Å²) in [5, 5.41) is 13.2. The van der Waals surface area contributed by atoms with Crippen molar-refractivity contribution in [1.82, 2.24) is 9.97 Å². The van der Waals surface area contributed by atoms with Gasteiger partial charge >= 0.3 is 0 Å². The van der Waals surface area contributed by atoms with Crippen molar-refractivity contribution in [1.29, 1.82) is 0 Å². The average molecular weight is 650 g/mol. The normalized spacial score (nSPS) is 13.1. The molecule has 0 saturated heterocycles. The van der Waals surface area contributed by atoms with Gasteiger partial charge in [0.1, 0.15) is 50.0 Å². The van der Waals surface area contributed by atoms with Crippen LogP contribution in [-0.2, 0) is 25.6 Å². The number of aromatic nitrogens is 2. The summed E-state index contributed by atoms with van der Waals surface area (Å²) in [7, 11) is -3.09. The molecule has 2 rings (SSSR count). The molecule has 0 aliphatic carbocycles. The predicted molar refractivity (Wildman–Crippen MR) is 178 cm³/mol. The third-order valence-electron chi connectivity index (χ3n) is 6.09. The molecule has 0 spiro atoms. The highest BCUT2D eigenvalue weighted by atomic mass is 32.2. The van der Waals surface area contributed by atoms with E-state index in [0.717, 1.165) is 17.9 Å². The number of hydrogen-bond donors (Lipinski definition) is 2. The highest BCUT2D eigenvalue weighted by molar-refractivity contribution is 7.85. The fraction of sp³-hybridized carbons (Fsp3) is 0.500. The Balaban J connectivity index is 2.28. The summed E-state index contributed by atoms with van der Waals surface area (Å²) >= 11 is 0. The second-order valence-electron chi connectivity index (χ2n) is 11.2. The molecule has 1 unspecified atom stereocenters. The molecule has 14 heteroatoms. The zero-order chi connectivity index (χ0) is 32.8. The topological polar surface area (TPSA) is 145 Å². The highest BCUT2D eigenvalue weighted by Crippen LogP contribution is 2.29. The Kier molecular flexibility index (Phi) is 14.8. The molecule has 1 atom stereocenters. The Morgan fingerprint density at radius 1 is 1.20 bits per heavy atom. The molecule has 0 radical (unpaired) electrons. The van der Waals surface area contributed by atoms with E-state index in [4.69, 9.17) is 23.4 Å². The van der Waals surface area contributed by atoms with Gasteiger partial charge in [0.25, 0.3) is 10.1 Å². The third-order valence-corrected chi connectivity index (χ3v) is 8.39. The van der Waals surface area contributed by atoms with Gasteiger partial charge in [0.15, 0.2) is 0 Å². The van der Waals surface area contributed by atoms with Crippen molar-refractivity contribution in [2.75, 3.05) is 50.1 Å². The van der Waals surface area contributed by atoms with Crippen LogP contribution in [0.2, 0.25) is 25.7 Å². The summed E-state index contributed by atoms with van der Waals surface area (Å²) in [6.45, 7) is 15.4. The lowest BCUT2D eigenvalue weighted by molar-refractivity contribution is 0.141. The van der Waals surface area contributed by atoms with Gasteiger partial charge in [-0.15, -0.1) is 6.58 Å². The van der Waals surface area contributed by atoms with E-state index >= 15 is 0 Å². The van der Waals surface area contributed by atoms with E-state index in [0.29, 0.717) is 42.0 Å². The Bertz CT molecular complexity index is 1380. The van der Waals surface area contributed by atoms with Crippen molar-refractivity contribution in [3.05, 3.63) is 59.9 Å². The molecule has 0 amide bonds. The number of allylic oxidation sites excluding steroid dienone is 3. The van der Waals surface area contributed by atoms with Gasteiger partial charge in [0.05, 0.1) is 18.0 Å². The van der Waals surface area contributed by atoms with E-state index in [1.165, 1.54) is 6.21 Å². The number of aliphatic imine (C=N–C) groups is 1. The maximum absolute atomic E-state index is 11.1. The van der Waals surface area contributed by atoms with E-state index < -0.39 is 24.4 Å². The van der Waals surface area contributed by atoms with Gasteiger partial charge in [-0.25, -0.2) is 0 Å². The molecule has 1 aromatic heterocycles. The summed E-state index contributed by atoms with van der Waals surface area (Å²) in [5.41, 5.74) is 1.51. The number of aliphatic hydroxyl groups excluding tert-OH is 1. The molecule has 0 aliphatic heterocycles. The molecular weight excluding hydrogens is 603 g/mol.